The van der Waals surface area contributed by atoms with E-state index in [1.54, 1.807) is 32.4 Å². The quantitative estimate of drug-likeness (QED) is 0.231. The molecule has 3 N–H and O–H groups in total. The van der Waals surface area contributed by atoms with Crippen molar-refractivity contribution in [3.8, 4) is 11.3 Å². The topological polar surface area (TPSA) is 69.4 Å². The summed E-state index contributed by atoms with van der Waals surface area (Å²) < 4.78 is 45.0. The molecule has 6 nitrogen and oxygen atoms in total. The van der Waals surface area contributed by atoms with E-state index in [9.17, 15) is 18.0 Å². The van der Waals surface area contributed by atoms with E-state index in [2.05, 4.69) is 20.4 Å². The van der Waals surface area contributed by atoms with Gasteiger partial charge in [0.1, 0.15) is 12.1 Å². The van der Waals surface area contributed by atoms with Gasteiger partial charge in [0, 0.05) is 55.0 Å². The smallest absolute Gasteiger partial charge is 0.388 e. The van der Waals surface area contributed by atoms with Crippen LogP contribution in [-0.4, -0.2) is 57.6 Å². The lowest BCUT2D eigenvalue weighted by Crippen LogP contribution is -2.21. The van der Waals surface area contributed by atoms with Gasteiger partial charge in [0.15, 0.2) is 0 Å². The van der Waals surface area contributed by atoms with Gasteiger partial charge in [-0.2, -0.15) is 13.2 Å². The highest BCUT2D eigenvalue weighted by Gasteiger charge is 2.31. The monoisotopic (exact) mass is 512 g/mol. The summed E-state index contributed by atoms with van der Waals surface area (Å²) in [6.07, 6.45) is -3.69. The number of alkyl halides is 3. The summed E-state index contributed by atoms with van der Waals surface area (Å²) in [6.45, 7) is 1.20. The highest BCUT2D eigenvalue weighted by Crippen LogP contribution is 2.37. The number of fused-ring (bicyclic) bond motifs is 1. The number of benzene rings is 3. The second kappa shape index (κ2) is 12.4. The number of H-pyrrole nitrogens is 1. The minimum Gasteiger partial charge on any atom is -0.388 e. The summed E-state index contributed by atoms with van der Waals surface area (Å²) in [4.78, 5) is 16.3. The SMILES string of the molecule is CN(C)CCNc1cc(Nc2[nH]c(-c3ccc(C=O)cc3)c3ccccc23)cc(C(F)(F)F)c1.COC. The molecule has 0 radical (unpaired) electrons. The fraction of sp³-hybridized carbons (Fsp3) is 0.250. The van der Waals surface area contributed by atoms with Gasteiger partial charge in [-0.1, -0.05) is 48.5 Å². The average Bonchev–Trinajstić information content (AvgIpc) is 3.22. The molecule has 0 saturated heterocycles. The van der Waals surface area contributed by atoms with E-state index in [1.807, 2.05) is 55.4 Å². The van der Waals surface area contributed by atoms with Crippen LogP contribution in [0.15, 0.2) is 66.7 Å². The largest absolute Gasteiger partial charge is 0.416 e. The fourth-order valence-corrected chi connectivity index (χ4v) is 3.77. The molecule has 4 aromatic rings. The third-order valence-electron chi connectivity index (χ3n) is 5.47. The third kappa shape index (κ3) is 7.34. The number of hydrogen-bond acceptors (Lipinski definition) is 5. The second-order valence-corrected chi connectivity index (χ2v) is 8.72. The van der Waals surface area contributed by atoms with Crippen molar-refractivity contribution in [1.29, 1.82) is 0 Å². The number of methoxy groups -OCH3 is 1. The van der Waals surface area contributed by atoms with Crippen molar-refractivity contribution in [3.63, 3.8) is 0 Å². The van der Waals surface area contributed by atoms with E-state index >= 15 is 0 Å². The highest BCUT2D eigenvalue weighted by molar-refractivity contribution is 6.04. The van der Waals surface area contributed by atoms with E-state index in [4.69, 9.17) is 0 Å². The molecule has 4 rings (SSSR count). The first-order chi connectivity index (χ1) is 17.7. The van der Waals surface area contributed by atoms with Gasteiger partial charge in [0.2, 0.25) is 0 Å². The molecule has 0 atom stereocenters. The number of rotatable bonds is 8. The molecule has 196 valence electrons. The van der Waals surface area contributed by atoms with Gasteiger partial charge in [0.05, 0.1) is 11.3 Å². The maximum atomic E-state index is 13.6. The summed E-state index contributed by atoms with van der Waals surface area (Å²) in [5.74, 6) is 0.587. The van der Waals surface area contributed by atoms with Crippen molar-refractivity contribution in [2.45, 2.75) is 6.18 Å². The molecule has 9 heteroatoms. The van der Waals surface area contributed by atoms with Crippen molar-refractivity contribution in [2.24, 2.45) is 0 Å². The van der Waals surface area contributed by atoms with Crippen LogP contribution in [0.5, 0.6) is 0 Å². The fourth-order valence-electron chi connectivity index (χ4n) is 3.77. The Hall–Kier alpha value is -3.82. The van der Waals surface area contributed by atoms with Crippen LogP contribution in [0.2, 0.25) is 0 Å². The van der Waals surface area contributed by atoms with E-state index in [-0.39, 0.29) is 0 Å². The predicted molar refractivity (Wildman–Crippen MR) is 144 cm³/mol. The molecular formula is C28H31F3N4O2. The molecule has 37 heavy (non-hydrogen) atoms. The summed E-state index contributed by atoms with van der Waals surface area (Å²) in [7, 11) is 7.06. The summed E-state index contributed by atoms with van der Waals surface area (Å²) >= 11 is 0. The molecule has 0 aliphatic carbocycles. The molecule has 0 unspecified atom stereocenters. The predicted octanol–water partition coefficient (Wildman–Crippen LogP) is 6.65. The zero-order chi connectivity index (χ0) is 27.0. The van der Waals surface area contributed by atoms with E-state index in [1.165, 1.54) is 0 Å². The van der Waals surface area contributed by atoms with Gasteiger partial charge >= 0.3 is 6.18 Å². The highest BCUT2D eigenvalue weighted by atomic mass is 19.4. The van der Waals surface area contributed by atoms with Crippen LogP contribution in [0, 0.1) is 0 Å². The van der Waals surface area contributed by atoms with Crippen LogP contribution in [-0.2, 0) is 10.9 Å². The van der Waals surface area contributed by atoms with E-state index < -0.39 is 11.7 Å². The number of nitrogens with zero attached hydrogens (tertiary/aromatic N) is 1. The Kier molecular flexibility index (Phi) is 9.32. The number of carbonyl (C=O) groups excluding carboxylic acids is 1. The molecule has 0 fully saturated rings. The van der Waals surface area contributed by atoms with Gasteiger partial charge in [-0.25, -0.2) is 0 Å². The van der Waals surface area contributed by atoms with E-state index in [0.717, 1.165) is 40.4 Å². The number of aromatic nitrogens is 1. The Morgan fingerprint density at radius 2 is 1.57 bits per heavy atom. The Balaban J connectivity index is 0.00000121. The number of ether oxygens (including phenoxy) is 1. The molecule has 0 saturated carbocycles. The van der Waals surface area contributed by atoms with Crippen molar-refractivity contribution in [3.05, 3.63) is 77.9 Å². The van der Waals surface area contributed by atoms with Gasteiger partial charge in [-0.15, -0.1) is 0 Å². The Morgan fingerprint density at radius 1 is 0.946 bits per heavy atom. The number of likely N-dealkylation sites (N-methyl/N-ethyl adjacent to an activating group) is 1. The molecule has 1 heterocycles. The molecule has 1 aromatic heterocycles. The van der Waals surface area contributed by atoms with E-state index in [0.29, 0.717) is 35.8 Å². The lowest BCUT2D eigenvalue weighted by atomic mass is 10.1. The molecule has 3 aromatic carbocycles. The first kappa shape index (κ1) is 27.8. The summed E-state index contributed by atoms with van der Waals surface area (Å²) in [5.41, 5.74) is 2.22. The first-order valence-corrected chi connectivity index (χ1v) is 11.6. The van der Waals surface area contributed by atoms with Crippen molar-refractivity contribution in [1.82, 2.24) is 9.88 Å². The van der Waals surface area contributed by atoms with Crippen LogP contribution < -0.4 is 10.6 Å². The minimum absolute atomic E-state index is 0.317. The number of anilines is 3. The van der Waals surface area contributed by atoms with Crippen LogP contribution in [0.4, 0.5) is 30.4 Å². The van der Waals surface area contributed by atoms with Crippen molar-refractivity contribution >= 4 is 34.3 Å². The van der Waals surface area contributed by atoms with Crippen LogP contribution in [0.25, 0.3) is 22.0 Å². The normalized spacial score (nSPS) is 11.2. The number of nitrogens with one attached hydrogen (secondary N) is 3. The molecule has 0 amide bonds. The number of aromatic amines is 1. The number of aldehydes is 1. The Morgan fingerprint density at radius 3 is 2.16 bits per heavy atom. The lowest BCUT2D eigenvalue weighted by Gasteiger charge is -2.16. The molecular weight excluding hydrogens is 481 g/mol. The zero-order valence-corrected chi connectivity index (χ0v) is 21.2. The Labute approximate surface area is 214 Å². The number of halogens is 3. The van der Waals surface area contributed by atoms with Crippen LogP contribution in [0.1, 0.15) is 15.9 Å². The van der Waals surface area contributed by atoms with Gasteiger partial charge < -0.3 is 25.3 Å². The summed E-state index contributed by atoms with van der Waals surface area (Å²) in [6, 6.07) is 18.6. The molecule has 0 bridgehead atoms. The molecule has 0 spiro atoms. The van der Waals surface area contributed by atoms with Crippen molar-refractivity contribution < 1.29 is 22.7 Å². The minimum atomic E-state index is -4.47. The maximum absolute atomic E-state index is 13.6. The van der Waals surface area contributed by atoms with Gasteiger partial charge in [-0.05, 0) is 37.9 Å². The average molecular weight is 513 g/mol. The second-order valence-electron chi connectivity index (χ2n) is 8.72. The number of carbonyl (C=O) groups is 1. The third-order valence-corrected chi connectivity index (χ3v) is 5.47. The van der Waals surface area contributed by atoms with Gasteiger partial charge in [0.25, 0.3) is 0 Å². The summed E-state index contributed by atoms with van der Waals surface area (Å²) in [5, 5.41) is 7.98. The maximum Gasteiger partial charge on any atom is 0.416 e. The first-order valence-electron chi connectivity index (χ1n) is 11.6. The molecule has 0 aliphatic heterocycles. The van der Waals surface area contributed by atoms with Gasteiger partial charge in [-0.3, -0.25) is 4.79 Å². The van der Waals surface area contributed by atoms with Crippen molar-refractivity contribution in [2.75, 3.05) is 52.0 Å². The van der Waals surface area contributed by atoms with Crippen LogP contribution >= 0.6 is 0 Å². The lowest BCUT2D eigenvalue weighted by molar-refractivity contribution is -0.137. The Bertz CT molecular complexity index is 1320. The standard InChI is InChI=1S/C26H25F3N4O.C2H6O/c1-33(2)12-11-30-20-13-19(26(27,28)29)14-21(15-20)31-25-23-6-4-3-5-22(23)24(32-25)18-9-7-17(16-34)8-10-18;1-3-2/h3-10,13-16,30-32H,11-12H2,1-2H3;1-2H3. The molecule has 0 aliphatic rings. The van der Waals surface area contributed by atoms with Crippen LogP contribution in [0.3, 0.4) is 0 Å². The number of hydrogen-bond donors (Lipinski definition) is 3. The zero-order valence-electron chi connectivity index (χ0n) is 21.2.